The van der Waals surface area contributed by atoms with Crippen LogP contribution < -0.4 is 10.6 Å². The fourth-order valence-electron chi connectivity index (χ4n) is 2.20. The number of anilines is 2. The van der Waals surface area contributed by atoms with Crippen molar-refractivity contribution in [1.82, 2.24) is 9.97 Å². The first-order valence-corrected chi connectivity index (χ1v) is 8.05. The van der Waals surface area contributed by atoms with Crippen LogP contribution in [-0.4, -0.2) is 22.4 Å². The fourth-order valence-corrected chi connectivity index (χ4v) is 2.20. The van der Waals surface area contributed by atoms with E-state index in [-0.39, 0.29) is 5.91 Å². The van der Waals surface area contributed by atoms with Gasteiger partial charge < -0.3 is 10.6 Å². The predicted molar refractivity (Wildman–Crippen MR) is 93.7 cm³/mol. The maximum Gasteiger partial charge on any atom is 0.274 e. The molecule has 23 heavy (non-hydrogen) atoms. The Labute approximate surface area is 137 Å². The molecule has 122 valence electrons. The van der Waals surface area contributed by atoms with Crippen molar-refractivity contribution in [2.75, 3.05) is 17.2 Å². The van der Waals surface area contributed by atoms with Gasteiger partial charge in [-0.25, -0.2) is 9.97 Å². The van der Waals surface area contributed by atoms with Crippen molar-refractivity contribution in [3.8, 4) is 0 Å². The van der Waals surface area contributed by atoms with E-state index < -0.39 is 0 Å². The van der Waals surface area contributed by atoms with E-state index in [0.29, 0.717) is 17.4 Å². The number of nitrogens with one attached hydrogen (secondary N) is 2. The molecule has 0 radical (unpaired) electrons. The van der Waals surface area contributed by atoms with Crippen molar-refractivity contribution < 1.29 is 4.79 Å². The number of benzene rings is 1. The number of carbonyl (C=O) groups excluding carboxylic acids is 1. The molecule has 0 spiro atoms. The van der Waals surface area contributed by atoms with E-state index in [1.165, 1.54) is 6.33 Å². The number of aryl methyl sites for hydroxylation is 1. The van der Waals surface area contributed by atoms with Gasteiger partial charge in [0.15, 0.2) is 0 Å². The topological polar surface area (TPSA) is 66.9 Å². The molecule has 0 aliphatic heterocycles. The summed E-state index contributed by atoms with van der Waals surface area (Å²) in [6, 6.07) is 9.47. The Morgan fingerprint density at radius 2 is 2.00 bits per heavy atom. The Kier molecular flexibility index (Phi) is 6.09. The van der Waals surface area contributed by atoms with E-state index in [1.54, 1.807) is 6.07 Å². The quantitative estimate of drug-likeness (QED) is 0.817. The summed E-state index contributed by atoms with van der Waals surface area (Å²) in [5.41, 5.74) is 2.29. The molecule has 0 bridgehead atoms. The molecule has 0 saturated carbocycles. The van der Waals surface area contributed by atoms with Crippen molar-refractivity contribution in [1.29, 1.82) is 0 Å². The Morgan fingerprint density at radius 3 is 2.74 bits per heavy atom. The van der Waals surface area contributed by atoms with Crippen LogP contribution >= 0.6 is 0 Å². The second-order valence-electron chi connectivity index (χ2n) is 5.86. The van der Waals surface area contributed by atoms with E-state index >= 15 is 0 Å². The average Bonchev–Trinajstić information content (AvgIpc) is 2.55. The second-order valence-corrected chi connectivity index (χ2v) is 5.86. The van der Waals surface area contributed by atoms with Crippen molar-refractivity contribution in [2.45, 2.75) is 33.6 Å². The van der Waals surface area contributed by atoms with Crippen LogP contribution in [0.15, 0.2) is 36.7 Å². The molecule has 2 rings (SSSR count). The Morgan fingerprint density at radius 1 is 1.22 bits per heavy atom. The summed E-state index contributed by atoms with van der Waals surface area (Å²) in [4.78, 5) is 20.6. The number of nitrogens with zero attached hydrogens (tertiary/aromatic N) is 2. The molecule has 2 aromatic rings. The van der Waals surface area contributed by atoms with Crippen molar-refractivity contribution in [2.24, 2.45) is 5.92 Å². The molecule has 0 aliphatic carbocycles. The normalized spacial score (nSPS) is 10.6. The van der Waals surface area contributed by atoms with Gasteiger partial charge in [0.1, 0.15) is 17.8 Å². The highest BCUT2D eigenvalue weighted by Crippen LogP contribution is 2.16. The number of rotatable bonds is 7. The summed E-state index contributed by atoms with van der Waals surface area (Å²) < 4.78 is 0. The lowest BCUT2D eigenvalue weighted by atomic mass is 10.1. The zero-order valence-electron chi connectivity index (χ0n) is 14.0. The number of carbonyl (C=O) groups is 1. The van der Waals surface area contributed by atoms with Crippen molar-refractivity contribution >= 4 is 17.4 Å². The molecular weight excluding hydrogens is 288 g/mol. The summed E-state index contributed by atoms with van der Waals surface area (Å²) in [6.45, 7) is 7.23. The molecule has 1 aromatic carbocycles. The third-order valence-corrected chi connectivity index (χ3v) is 3.57. The van der Waals surface area contributed by atoms with Gasteiger partial charge in [-0.15, -0.1) is 0 Å². The van der Waals surface area contributed by atoms with Crippen LogP contribution in [-0.2, 0) is 6.42 Å². The van der Waals surface area contributed by atoms with Gasteiger partial charge >= 0.3 is 0 Å². The molecule has 0 unspecified atom stereocenters. The number of amides is 1. The molecule has 1 amide bonds. The summed E-state index contributed by atoms with van der Waals surface area (Å²) >= 11 is 0. The molecule has 0 fully saturated rings. The zero-order valence-corrected chi connectivity index (χ0v) is 14.0. The lowest BCUT2D eigenvalue weighted by molar-refractivity contribution is 0.102. The van der Waals surface area contributed by atoms with Crippen LogP contribution in [0, 0.1) is 5.92 Å². The minimum Gasteiger partial charge on any atom is -0.370 e. The van der Waals surface area contributed by atoms with E-state index in [9.17, 15) is 4.79 Å². The van der Waals surface area contributed by atoms with Crippen molar-refractivity contribution in [3.05, 3.63) is 47.9 Å². The van der Waals surface area contributed by atoms with Crippen LogP contribution in [0.25, 0.3) is 0 Å². The maximum atomic E-state index is 12.4. The van der Waals surface area contributed by atoms with Crippen LogP contribution in [0.4, 0.5) is 11.5 Å². The molecule has 5 nitrogen and oxygen atoms in total. The van der Waals surface area contributed by atoms with Crippen LogP contribution in [0.3, 0.4) is 0 Å². The van der Waals surface area contributed by atoms with Gasteiger partial charge in [0.05, 0.1) is 0 Å². The predicted octanol–water partition coefficient (Wildman–Crippen LogP) is 3.75. The third-order valence-electron chi connectivity index (χ3n) is 3.57. The summed E-state index contributed by atoms with van der Waals surface area (Å²) in [5, 5.41) is 6.15. The Bertz CT molecular complexity index is 655. The van der Waals surface area contributed by atoms with E-state index in [0.717, 1.165) is 30.6 Å². The standard InChI is InChI=1S/C18H24N4O/c1-4-14-7-5-6-8-15(14)22-18(23)16-11-17(21-12-20-16)19-10-9-13(2)3/h5-8,11-13H,4,9-10H2,1-3H3,(H,22,23)(H,19,20,21). The SMILES string of the molecule is CCc1ccccc1NC(=O)c1cc(NCCC(C)C)ncn1. The van der Waals surface area contributed by atoms with Gasteiger partial charge in [-0.2, -0.15) is 0 Å². The lowest BCUT2D eigenvalue weighted by Gasteiger charge is -2.10. The number of hydrogen-bond donors (Lipinski definition) is 2. The molecular formula is C18H24N4O. The molecule has 1 aromatic heterocycles. The minimum atomic E-state index is -0.222. The van der Waals surface area contributed by atoms with Gasteiger partial charge in [-0.3, -0.25) is 4.79 Å². The molecule has 0 atom stereocenters. The second kappa shape index (κ2) is 8.27. The lowest BCUT2D eigenvalue weighted by Crippen LogP contribution is -2.16. The smallest absolute Gasteiger partial charge is 0.274 e. The third kappa shape index (κ3) is 5.06. The first-order chi connectivity index (χ1) is 11.1. The molecule has 1 heterocycles. The van der Waals surface area contributed by atoms with Gasteiger partial charge in [-0.05, 0) is 30.4 Å². The first kappa shape index (κ1) is 16.9. The zero-order chi connectivity index (χ0) is 16.7. The van der Waals surface area contributed by atoms with Crippen molar-refractivity contribution in [3.63, 3.8) is 0 Å². The van der Waals surface area contributed by atoms with Gasteiger partial charge in [0, 0.05) is 18.3 Å². The highest BCUT2D eigenvalue weighted by atomic mass is 16.1. The monoisotopic (exact) mass is 312 g/mol. The highest BCUT2D eigenvalue weighted by molar-refractivity contribution is 6.03. The van der Waals surface area contributed by atoms with E-state index in [4.69, 9.17) is 0 Å². The molecule has 2 N–H and O–H groups in total. The first-order valence-electron chi connectivity index (χ1n) is 8.05. The minimum absolute atomic E-state index is 0.222. The highest BCUT2D eigenvalue weighted by Gasteiger charge is 2.11. The van der Waals surface area contributed by atoms with Crippen LogP contribution in [0.2, 0.25) is 0 Å². The number of hydrogen-bond acceptors (Lipinski definition) is 4. The Balaban J connectivity index is 2.04. The number of para-hydroxylation sites is 1. The molecule has 0 saturated heterocycles. The molecule has 5 heteroatoms. The van der Waals surface area contributed by atoms with Crippen LogP contribution in [0.5, 0.6) is 0 Å². The Hall–Kier alpha value is -2.43. The molecule has 0 aliphatic rings. The maximum absolute atomic E-state index is 12.4. The summed E-state index contributed by atoms with van der Waals surface area (Å²) in [6.07, 6.45) is 3.33. The average molecular weight is 312 g/mol. The van der Waals surface area contributed by atoms with Crippen LogP contribution in [0.1, 0.15) is 43.2 Å². The van der Waals surface area contributed by atoms with E-state index in [2.05, 4.69) is 41.4 Å². The fraction of sp³-hybridized carbons (Fsp3) is 0.389. The number of aromatic nitrogens is 2. The van der Waals surface area contributed by atoms with Gasteiger partial charge in [0.2, 0.25) is 0 Å². The summed E-state index contributed by atoms with van der Waals surface area (Å²) in [5.74, 6) is 1.08. The largest absolute Gasteiger partial charge is 0.370 e. The van der Waals surface area contributed by atoms with Gasteiger partial charge in [-0.1, -0.05) is 39.0 Å². The summed E-state index contributed by atoms with van der Waals surface area (Å²) in [7, 11) is 0. The van der Waals surface area contributed by atoms with E-state index in [1.807, 2.05) is 24.3 Å². The van der Waals surface area contributed by atoms with Gasteiger partial charge in [0.25, 0.3) is 5.91 Å².